The molecule has 2 aromatic rings. The van der Waals surface area contributed by atoms with Crippen molar-refractivity contribution in [1.29, 1.82) is 0 Å². The van der Waals surface area contributed by atoms with E-state index in [1.54, 1.807) is 0 Å². The summed E-state index contributed by atoms with van der Waals surface area (Å²) in [6.07, 6.45) is -5.88. The third-order valence-electron chi connectivity index (χ3n) is 4.53. The van der Waals surface area contributed by atoms with Gasteiger partial charge in [-0.15, -0.1) is 0 Å². The zero-order chi connectivity index (χ0) is 24.6. The molecule has 12 heteroatoms. The third kappa shape index (κ3) is 7.67. The highest BCUT2D eigenvalue weighted by Crippen LogP contribution is 2.30. The molecule has 0 aromatic carbocycles. The molecule has 2 rings (SSSR count). The van der Waals surface area contributed by atoms with Gasteiger partial charge in [-0.25, -0.2) is 8.78 Å². The summed E-state index contributed by atoms with van der Waals surface area (Å²) in [7, 11) is 0. The highest BCUT2D eigenvalue weighted by molar-refractivity contribution is 5.95. The standard InChI is InChI=1S/C21H23F5N4O3/c1-13-16(19(32)29-20(2,12-31)10-17(22)23)6-5-15(7-9-28-30-13)33-11-14-4-3-8-27-18(14)21(24,25)26/h3-9,17,30-31H,10-12H2,1-2H3,(H,29,32). The molecule has 1 unspecified atom stereocenters. The van der Waals surface area contributed by atoms with Crippen LogP contribution in [0.5, 0.6) is 5.75 Å². The number of nitrogens with one attached hydrogen (secondary N) is 2. The zero-order valence-corrected chi connectivity index (χ0v) is 17.8. The van der Waals surface area contributed by atoms with Gasteiger partial charge in [0.05, 0.1) is 23.9 Å². The normalized spacial score (nSPS) is 13.2. The Morgan fingerprint density at radius 1 is 1.21 bits per heavy atom. The lowest BCUT2D eigenvalue weighted by molar-refractivity contribution is -0.142. The maximum absolute atomic E-state index is 13.1. The summed E-state index contributed by atoms with van der Waals surface area (Å²) in [4.78, 5) is 16.1. The van der Waals surface area contributed by atoms with E-state index in [1.165, 1.54) is 50.4 Å². The van der Waals surface area contributed by atoms with Crippen molar-refractivity contribution in [2.75, 3.05) is 6.61 Å². The molecule has 1 amide bonds. The predicted octanol–water partition coefficient (Wildman–Crippen LogP) is 3.97. The Morgan fingerprint density at radius 2 is 1.94 bits per heavy atom. The van der Waals surface area contributed by atoms with Crippen LogP contribution >= 0.6 is 0 Å². The minimum atomic E-state index is -4.66. The molecule has 0 saturated heterocycles. The van der Waals surface area contributed by atoms with E-state index in [1.807, 2.05) is 0 Å². The van der Waals surface area contributed by atoms with Crippen molar-refractivity contribution in [3.05, 3.63) is 65.2 Å². The average molecular weight is 474 g/mol. The van der Waals surface area contributed by atoms with Gasteiger partial charge in [0.1, 0.15) is 12.4 Å². The maximum atomic E-state index is 13.1. The number of aromatic nitrogens is 3. The number of aromatic amines is 1. The van der Waals surface area contributed by atoms with E-state index >= 15 is 0 Å². The second-order valence-corrected chi connectivity index (χ2v) is 7.40. The summed E-state index contributed by atoms with van der Waals surface area (Å²) < 4.78 is 70.5. The number of hydrogen-bond acceptors (Lipinski definition) is 5. The molecule has 0 aliphatic carbocycles. The predicted molar refractivity (Wildman–Crippen MR) is 108 cm³/mol. The zero-order valence-electron chi connectivity index (χ0n) is 17.8. The van der Waals surface area contributed by atoms with Crippen LogP contribution < -0.4 is 10.1 Å². The Bertz CT molecular complexity index is 1010. The molecule has 0 radical (unpaired) electrons. The number of ether oxygens (including phenoxy) is 1. The number of carbonyl (C=O) groups is 1. The number of nitrogens with zero attached hydrogens (tertiary/aromatic N) is 2. The fraction of sp³-hybridized carbons (Fsp3) is 0.381. The average Bonchev–Trinajstić information content (AvgIpc) is 2.81. The molecule has 0 fully saturated rings. The molecule has 0 aliphatic heterocycles. The molecule has 3 N–H and O–H groups in total. The van der Waals surface area contributed by atoms with Crippen LogP contribution in [-0.2, 0) is 12.8 Å². The third-order valence-corrected chi connectivity index (χ3v) is 4.53. The van der Waals surface area contributed by atoms with Crippen LogP contribution in [-0.4, -0.2) is 44.8 Å². The first kappa shape index (κ1) is 26.0. The number of carbonyl (C=O) groups excluding carboxylic acids is 1. The van der Waals surface area contributed by atoms with Crippen molar-refractivity contribution in [3.63, 3.8) is 0 Å². The smallest absolute Gasteiger partial charge is 0.433 e. The molecule has 33 heavy (non-hydrogen) atoms. The van der Waals surface area contributed by atoms with Crippen molar-refractivity contribution in [3.8, 4) is 5.75 Å². The molecule has 2 heterocycles. The minimum absolute atomic E-state index is 0.00477. The van der Waals surface area contributed by atoms with Crippen LogP contribution in [0.25, 0.3) is 0 Å². The highest BCUT2D eigenvalue weighted by Gasteiger charge is 2.35. The minimum Gasteiger partial charge on any atom is -0.489 e. The maximum Gasteiger partial charge on any atom is 0.433 e. The van der Waals surface area contributed by atoms with E-state index in [0.29, 0.717) is 0 Å². The van der Waals surface area contributed by atoms with Crippen LogP contribution in [0.2, 0.25) is 0 Å². The lowest BCUT2D eigenvalue weighted by Crippen LogP contribution is -2.50. The van der Waals surface area contributed by atoms with Gasteiger partial charge >= 0.3 is 6.18 Å². The molecule has 7 nitrogen and oxygen atoms in total. The number of pyridine rings is 1. The van der Waals surface area contributed by atoms with Gasteiger partial charge in [0, 0.05) is 29.9 Å². The number of alkyl halides is 5. The van der Waals surface area contributed by atoms with Gasteiger partial charge < -0.3 is 15.2 Å². The van der Waals surface area contributed by atoms with Crippen molar-refractivity contribution in [2.45, 2.75) is 45.0 Å². The van der Waals surface area contributed by atoms with E-state index in [9.17, 15) is 31.9 Å². The number of amides is 1. The second-order valence-electron chi connectivity index (χ2n) is 7.40. The van der Waals surface area contributed by atoms with Gasteiger partial charge in [0.2, 0.25) is 6.43 Å². The van der Waals surface area contributed by atoms with Crippen molar-refractivity contribution in [2.24, 2.45) is 0 Å². The Hall–Kier alpha value is -3.28. The van der Waals surface area contributed by atoms with Gasteiger partial charge in [0.25, 0.3) is 5.91 Å². The largest absolute Gasteiger partial charge is 0.489 e. The molecular weight excluding hydrogens is 451 g/mol. The summed E-state index contributed by atoms with van der Waals surface area (Å²) in [5, 5.41) is 18.3. The Kier molecular flexibility index (Phi) is 8.69. The van der Waals surface area contributed by atoms with Gasteiger partial charge in [-0.2, -0.15) is 18.3 Å². The number of aliphatic hydroxyl groups excluding tert-OH is 1. The van der Waals surface area contributed by atoms with E-state index in [-0.39, 0.29) is 22.6 Å². The SMILES string of the molecule is Cc1[nH]nccc(OCc2cccnc2C(F)(F)F)ccc1C(=O)NC(C)(CO)CC(F)F. The first-order valence-corrected chi connectivity index (χ1v) is 9.69. The number of rotatable bonds is 8. The summed E-state index contributed by atoms with van der Waals surface area (Å²) in [6, 6.07) is 6.55. The Balaban J connectivity index is 2.32. The fourth-order valence-electron chi connectivity index (χ4n) is 2.80. The number of halogens is 5. The van der Waals surface area contributed by atoms with Crippen LogP contribution in [0.4, 0.5) is 22.0 Å². The Labute approximate surface area is 186 Å². The summed E-state index contributed by atoms with van der Waals surface area (Å²) in [5.74, 6) is -0.688. The molecule has 1 atom stereocenters. The van der Waals surface area contributed by atoms with Crippen molar-refractivity contribution < 1.29 is 36.6 Å². The monoisotopic (exact) mass is 474 g/mol. The lowest BCUT2D eigenvalue weighted by Gasteiger charge is -2.28. The number of hydrogen-bond donors (Lipinski definition) is 3. The highest BCUT2D eigenvalue weighted by atomic mass is 19.4. The van der Waals surface area contributed by atoms with Crippen LogP contribution in [0.1, 0.15) is 40.7 Å². The molecule has 180 valence electrons. The van der Waals surface area contributed by atoms with Crippen molar-refractivity contribution >= 4 is 5.91 Å². The number of aryl methyl sites for hydroxylation is 1. The van der Waals surface area contributed by atoms with Gasteiger partial charge in [-0.3, -0.25) is 14.9 Å². The lowest BCUT2D eigenvalue weighted by atomic mass is 9.98. The molecular formula is C21H23F5N4O3. The number of H-pyrrole nitrogens is 1. The molecule has 0 aliphatic rings. The first-order chi connectivity index (χ1) is 15.4. The van der Waals surface area contributed by atoms with Gasteiger partial charge in [-0.1, -0.05) is 6.07 Å². The number of aliphatic hydroxyl groups is 1. The van der Waals surface area contributed by atoms with Crippen LogP contribution in [0, 0.1) is 6.92 Å². The van der Waals surface area contributed by atoms with E-state index < -0.39 is 49.4 Å². The summed E-state index contributed by atoms with van der Waals surface area (Å²) >= 11 is 0. The van der Waals surface area contributed by atoms with Crippen LogP contribution in [0.15, 0.2) is 42.7 Å². The van der Waals surface area contributed by atoms with E-state index in [4.69, 9.17) is 4.74 Å². The van der Waals surface area contributed by atoms with Crippen LogP contribution in [0.3, 0.4) is 0 Å². The Morgan fingerprint density at radius 3 is 2.58 bits per heavy atom. The summed E-state index contributed by atoms with van der Waals surface area (Å²) in [6.45, 7) is 1.61. The van der Waals surface area contributed by atoms with E-state index in [2.05, 4.69) is 20.5 Å². The first-order valence-electron chi connectivity index (χ1n) is 9.69. The quantitative estimate of drug-likeness (QED) is 0.503. The fourth-order valence-corrected chi connectivity index (χ4v) is 2.80. The summed E-state index contributed by atoms with van der Waals surface area (Å²) in [5.41, 5.74) is -2.58. The second kappa shape index (κ2) is 11.0. The molecule has 2 aromatic heterocycles. The molecule has 0 saturated carbocycles. The topological polar surface area (TPSA) is 100 Å². The van der Waals surface area contributed by atoms with Gasteiger partial charge in [0.15, 0.2) is 5.69 Å². The molecule has 0 bridgehead atoms. The molecule has 0 spiro atoms. The van der Waals surface area contributed by atoms with Gasteiger partial charge in [-0.05, 0) is 32.0 Å². The van der Waals surface area contributed by atoms with E-state index in [0.717, 1.165) is 6.20 Å². The van der Waals surface area contributed by atoms with Crippen molar-refractivity contribution in [1.82, 2.24) is 20.5 Å².